The first-order valence-corrected chi connectivity index (χ1v) is 6.81. The Balaban J connectivity index is 1.79. The fourth-order valence-corrected chi connectivity index (χ4v) is 3.61. The molecule has 0 amide bonds. The largest absolute Gasteiger partial charge is 0.379 e. The van der Waals surface area contributed by atoms with Crippen molar-refractivity contribution < 1.29 is 4.74 Å². The lowest BCUT2D eigenvalue weighted by atomic mass is 9.94. The molecule has 0 aromatic rings. The van der Waals surface area contributed by atoms with Crippen molar-refractivity contribution in [3.8, 4) is 0 Å². The van der Waals surface area contributed by atoms with E-state index in [2.05, 4.69) is 26.2 Å². The Kier molecular flexibility index (Phi) is 3.60. The molecule has 3 atom stereocenters. The van der Waals surface area contributed by atoms with Crippen LogP contribution in [0.4, 0.5) is 0 Å². The Morgan fingerprint density at radius 1 is 1.31 bits per heavy atom. The molecule has 2 aliphatic rings. The number of ether oxygens (including phenoxy) is 1. The summed E-state index contributed by atoms with van der Waals surface area (Å²) in [4.78, 5) is 0. The monoisotopic (exact) mass is 225 g/mol. The molecule has 2 aliphatic carbocycles. The number of hydrogen-bond acceptors (Lipinski definition) is 2. The van der Waals surface area contributed by atoms with Crippen molar-refractivity contribution in [1.82, 2.24) is 5.32 Å². The number of hydrogen-bond donors (Lipinski definition) is 1. The van der Waals surface area contributed by atoms with Gasteiger partial charge >= 0.3 is 0 Å². The average Bonchev–Trinajstić information content (AvgIpc) is 2.75. The summed E-state index contributed by atoms with van der Waals surface area (Å²) in [7, 11) is 3.94. The van der Waals surface area contributed by atoms with Gasteiger partial charge in [-0.1, -0.05) is 6.42 Å². The molecule has 94 valence electrons. The van der Waals surface area contributed by atoms with Gasteiger partial charge in [0.1, 0.15) is 0 Å². The molecule has 0 aliphatic heterocycles. The van der Waals surface area contributed by atoms with E-state index in [1.54, 1.807) is 0 Å². The Bertz CT molecular complexity index is 229. The zero-order chi connectivity index (χ0) is 11.8. The maximum Gasteiger partial charge on any atom is 0.0623 e. The molecular formula is C14H27NO. The summed E-state index contributed by atoms with van der Waals surface area (Å²) in [5, 5.41) is 3.53. The summed E-state index contributed by atoms with van der Waals surface area (Å²) < 4.78 is 5.50. The first-order valence-electron chi connectivity index (χ1n) is 6.81. The average molecular weight is 225 g/mol. The summed E-state index contributed by atoms with van der Waals surface area (Å²) in [6, 6.07) is 0.727. The second-order valence-electron chi connectivity index (χ2n) is 6.23. The molecule has 0 aromatic carbocycles. The SMILES string of the molecule is CNC(CCC(C)(C)OC)C1C2CCCC21. The second kappa shape index (κ2) is 4.66. The van der Waals surface area contributed by atoms with Crippen molar-refractivity contribution in [1.29, 1.82) is 0 Å². The number of rotatable bonds is 6. The van der Waals surface area contributed by atoms with E-state index in [0.717, 1.165) is 30.2 Å². The topological polar surface area (TPSA) is 21.3 Å². The predicted molar refractivity (Wildman–Crippen MR) is 67.5 cm³/mol. The van der Waals surface area contributed by atoms with Crippen molar-refractivity contribution in [2.45, 2.75) is 57.6 Å². The third-order valence-electron chi connectivity index (χ3n) is 4.92. The zero-order valence-electron chi connectivity index (χ0n) is 11.3. The number of nitrogens with one attached hydrogen (secondary N) is 1. The van der Waals surface area contributed by atoms with E-state index >= 15 is 0 Å². The fraction of sp³-hybridized carbons (Fsp3) is 1.00. The molecule has 0 spiro atoms. The minimum atomic E-state index is 0.0408. The van der Waals surface area contributed by atoms with Gasteiger partial charge in [0.2, 0.25) is 0 Å². The maximum absolute atomic E-state index is 5.50. The highest BCUT2D eigenvalue weighted by Gasteiger charge is 2.55. The van der Waals surface area contributed by atoms with Crippen LogP contribution in [0.1, 0.15) is 46.0 Å². The highest BCUT2D eigenvalue weighted by molar-refractivity contribution is 5.06. The van der Waals surface area contributed by atoms with Crippen molar-refractivity contribution in [3.63, 3.8) is 0 Å². The van der Waals surface area contributed by atoms with Crippen LogP contribution in [0.3, 0.4) is 0 Å². The van der Waals surface area contributed by atoms with E-state index in [0.29, 0.717) is 0 Å². The van der Waals surface area contributed by atoms with Crippen molar-refractivity contribution in [3.05, 3.63) is 0 Å². The normalized spacial score (nSPS) is 34.9. The minimum absolute atomic E-state index is 0.0408. The smallest absolute Gasteiger partial charge is 0.0623 e. The van der Waals surface area contributed by atoms with Gasteiger partial charge in [-0.15, -0.1) is 0 Å². The number of methoxy groups -OCH3 is 1. The standard InChI is InChI=1S/C14H27NO/c1-14(2,16-4)9-8-12(15-3)13-10-6-5-7-11(10)13/h10-13,15H,5-9H2,1-4H3. The minimum Gasteiger partial charge on any atom is -0.379 e. The summed E-state index contributed by atoms with van der Waals surface area (Å²) >= 11 is 0. The molecule has 2 saturated carbocycles. The molecule has 0 bridgehead atoms. The quantitative estimate of drug-likeness (QED) is 0.750. The lowest BCUT2D eigenvalue weighted by molar-refractivity contribution is 0.0111. The van der Waals surface area contributed by atoms with Crippen molar-refractivity contribution in [2.75, 3.05) is 14.2 Å². The summed E-state index contributed by atoms with van der Waals surface area (Å²) in [5.41, 5.74) is 0.0408. The van der Waals surface area contributed by atoms with Crippen LogP contribution < -0.4 is 5.32 Å². The third kappa shape index (κ3) is 2.43. The van der Waals surface area contributed by atoms with Crippen LogP contribution >= 0.6 is 0 Å². The molecule has 3 unspecified atom stereocenters. The van der Waals surface area contributed by atoms with E-state index in [4.69, 9.17) is 4.74 Å². The molecule has 0 aromatic heterocycles. The highest BCUT2D eigenvalue weighted by Crippen LogP contribution is 2.59. The molecule has 2 heteroatoms. The van der Waals surface area contributed by atoms with Gasteiger partial charge in [-0.05, 0) is 64.3 Å². The molecule has 0 heterocycles. The van der Waals surface area contributed by atoms with Gasteiger partial charge in [0.05, 0.1) is 5.60 Å². The number of fused-ring (bicyclic) bond motifs is 1. The molecule has 0 radical (unpaired) electrons. The lowest BCUT2D eigenvalue weighted by Crippen LogP contribution is -2.33. The maximum atomic E-state index is 5.50. The van der Waals surface area contributed by atoms with Gasteiger partial charge in [-0.3, -0.25) is 0 Å². The van der Waals surface area contributed by atoms with E-state index in [-0.39, 0.29) is 5.60 Å². The summed E-state index contributed by atoms with van der Waals surface area (Å²) in [5.74, 6) is 3.10. The van der Waals surface area contributed by atoms with Gasteiger partial charge in [-0.2, -0.15) is 0 Å². The summed E-state index contributed by atoms with van der Waals surface area (Å²) in [6.45, 7) is 4.38. The van der Waals surface area contributed by atoms with Gasteiger partial charge < -0.3 is 10.1 Å². The molecule has 2 nitrogen and oxygen atoms in total. The molecule has 2 fully saturated rings. The van der Waals surface area contributed by atoms with E-state index in [1.165, 1.54) is 25.7 Å². The third-order valence-corrected chi connectivity index (χ3v) is 4.92. The molecule has 16 heavy (non-hydrogen) atoms. The van der Waals surface area contributed by atoms with E-state index in [1.807, 2.05) is 7.11 Å². The van der Waals surface area contributed by atoms with Crippen LogP contribution in [-0.4, -0.2) is 25.8 Å². The Labute approximate surface area is 100 Å². The van der Waals surface area contributed by atoms with Gasteiger partial charge in [0.25, 0.3) is 0 Å². The predicted octanol–water partition coefficient (Wildman–Crippen LogP) is 2.83. The van der Waals surface area contributed by atoms with Crippen LogP contribution in [0, 0.1) is 17.8 Å². The Hall–Kier alpha value is -0.0800. The van der Waals surface area contributed by atoms with E-state index < -0.39 is 0 Å². The molecular weight excluding hydrogens is 198 g/mol. The first-order chi connectivity index (χ1) is 7.59. The molecule has 2 rings (SSSR count). The van der Waals surface area contributed by atoms with Crippen LogP contribution in [0.15, 0.2) is 0 Å². The van der Waals surface area contributed by atoms with Gasteiger partial charge in [0.15, 0.2) is 0 Å². The van der Waals surface area contributed by atoms with Crippen LogP contribution in [-0.2, 0) is 4.74 Å². The summed E-state index contributed by atoms with van der Waals surface area (Å²) in [6.07, 6.45) is 6.87. The van der Waals surface area contributed by atoms with Crippen LogP contribution in [0.2, 0.25) is 0 Å². The lowest BCUT2D eigenvalue weighted by Gasteiger charge is -2.26. The zero-order valence-corrected chi connectivity index (χ0v) is 11.3. The Morgan fingerprint density at radius 3 is 2.44 bits per heavy atom. The van der Waals surface area contributed by atoms with Crippen molar-refractivity contribution in [2.24, 2.45) is 17.8 Å². The van der Waals surface area contributed by atoms with Gasteiger partial charge in [-0.25, -0.2) is 0 Å². The first kappa shape index (κ1) is 12.4. The molecule has 0 saturated heterocycles. The van der Waals surface area contributed by atoms with Gasteiger partial charge in [0, 0.05) is 13.2 Å². The second-order valence-corrected chi connectivity index (χ2v) is 6.23. The fourth-order valence-electron chi connectivity index (χ4n) is 3.61. The Morgan fingerprint density at radius 2 is 1.94 bits per heavy atom. The molecule has 1 N–H and O–H groups in total. The highest BCUT2D eigenvalue weighted by atomic mass is 16.5. The van der Waals surface area contributed by atoms with Crippen molar-refractivity contribution >= 4 is 0 Å². The van der Waals surface area contributed by atoms with Crippen LogP contribution in [0.25, 0.3) is 0 Å². The van der Waals surface area contributed by atoms with Crippen LogP contribution in [0.5, 0.6) is 0 Å². The van der Waals surface area contributed by atoms with E-state index in [9.17, 15) is 0 Å².